The van der Waals surface area contributed by atoms with Crippen molar-refractivity contribution in [1.29, 1.82) is 5.41 Å². The Kier molecular flexibility index (Phi) is 9.60. The predicted molar refractivity (Wildman–Crippen MR) is 113 cm³/mol. The van der Waals surface area contributed by atoms with Crippen molar-refractivity contribution in [1.82, 2.24) is 10.2 Å². The number of hydrogen-bond donors (Lipinski definition) is 3. The summed E-state index contributed by atoms with van der Waals surface area (Å²) in [6.45, 7) is 3.30. The Balaban J connectivity index is 1.93. The lowest BCUT2D eigenvalue weighted by molar-refractivity contribution is -0.131. The van der Waals surface area contributed by atoms with Crippen LogP contribution in [0.3, 0.4) is 0 Å². The second-order valence-electron chi connectivity index (χ2n) is 8.98. The fourth-order valence-corrected chi connectivity index (χ4v) is 5.09. The number of guanidine groups is 1. The van der Waals surface area contributed by atoms with Gasteiger partial charge < -0.3 is 11.1 Å². The van der Waals surface area contributed by atoms with Crippen molar-refractivity contribution in [2.45, 2.75) is 96.4 Å². The smallest absolute Gasteiger partial charge is 0.232 e. The van der Waals surface area contributed by atoms with E-state index in [-0.39, 0.29) is 17.8 Å². The van der Waals surface area contributed by atoms with Crippen molar-refractivity contribution >= 4 is 11.9 Å². The molecular formula is C22H42N4O. The van der Waals surface area contributed by atoms with Crippen molar-refractivity contribution in [2.24, 2.45) is 23.5 Å². The molecule has 156 valence electrons. The van der Waals surface area contributed by atoms with Gasteiger partial charge in [-0.2, -0.15) is 0 Å². The molecule has 2 aliphatic rings. The van der Waals surface area contributed by atoms with Crippen molar-refractivity contribution in [3.63, 3.8) is 0 Å². The third-order valence-corrected chi connectivity index (χ3v) is 6.77. The van der Waals surface area contributed by atoms with Crippen LogP contribution in [0.4, 0.5) is 0 Å². The van der Waals surface area contributed by atoms with Crippen molar-refractivity contribution in [2.75, 3.05) is 13.6 Å². The van der Waals surface area contributed by atoms with Gasteiger partial charge in [-0.05, 0) is 56.9 Å². The summed E-state index contributed by atoms with van der Waals surface area (Å²) in [5.74, 6) is 1.36. The molecule has 4 N–H and O–H groups in total. The minimum absolute atomic E-state index is 0.0238. The third kappa shape index (κ3) is 7.44. The van der Waals surface area contributed by atoms with Crippen molar-refractivity contribution in [3.05, 3.63) is 0 Å². The maximum absolute atomic E-state index is 13.0. The largest absolute Gasteiger partial charge is 0.370 e. The van der Waals surface area contributed by atoms with Gasteiger partial charge in [0, 0.05) is 19.0 Å². The first-order chi connectivity index (χ1) is 13.0. The summed E-state index contributed by atoms with van der Waals surface area (Å²) in [4.78, 5) is 14.3. The molecule has 0 unspecified atom stereocenters. The molecule has 0 saturated heterocycles. The lowest BCUT2D eigenvalue weighted by Gasteiger charge is -2.33. The van der Waals surface area contributed by atoms with Crippen LogP contribution < -0.4 is 11.1 Å². The van der Waals surface area contributed by atoms with Gasteiger partial charge >= 0.3 is 0 Å². The fraction of sp³-hybridized carbons (Fsp3) is 0.909. The van der Waals surface area contributed by atoms with E-state index in [0.717, 1.165) is 31.7 Å². The zero-order chi connectivity index (χ0) is 19.6. The molecule has 5 heteroatoms. The van der Waals surface area contributed by atoms with Gasteiger partial charge in [0.15, 0.2) is 5.96 Å². The molecule has 0 radical (unpaired) electrons. The van der Waals surface area contributed by atoms with Gasteiger partial charge in [-0.25, -0.2) is 0 Å². The van der Waals surface area contributed by atoms with E-state index in [2.05, 4.69) is 12.2 Å². The number of carbonyl (C=O) groups is 1. The average Bonchev–Trinajstić information content (AvgIpc) is 2.69. The molecule has 1 amide bonds. The van der Waals surface area contributed by atoms with Gasteiger partial charge in [0.25, 0.3) is 0 Å². The highest BCUT2D eigenvalue weighted by atomic mass is 16.2. The first-order valence-corrected chi connectivity index (χ1v) is 11.4. The first-order valence-electron chi connectivity index (χ1n) is 11.4. The molecule has 0 aromatic heterocycles. The maximum atomic E-state index is 13.0. The normalized spacial score (nSPS) is 25.1. The second kappa shape index (κ2) is 11.7. The number of nitrogens with two attached hydrogens (primary N) is 1. The van der Waals surface area contributed by atoms with Crippen LogP contribution >= 0.6 is 0 Å². The van der Waals surface area contributed by atoms with Crippen LogP contribution in [0, 0.1) is 23.2 Å². The molecule has 3 atom stereocenters. The molecule has 0 spiro atoms. The number of nitrogens with one attached hydrogen (secondary N) is 2. The number of nitrogens with zero attached hydrogens (tertiary/aromatic N) is 1. The summed E-state index contributed by atoms with van der Waals surface area (Å²) in [6.07, 6.45) is 16.0. The van der Waals surface area contributed by atoms with Crippen LogP contribution in [0.5, 0.6) is 0 Å². The van der Waals surface area contributed by atoms with Gasteiger partial charge in [-0.1, -0.05) is 51.9 Å². The molecule has 27 heavy (non-hydrogen) atoms. The van der Waals surface area contributed by atoms with Crippen LogP contribution in [0.1, 0.15) is 90.4 Å². The van der Waals surface area contributed by atoms with Crippen LogP contribution in [0.2, 0.25) is 0 Å². The van der Waals surface area contributed by atoms with Crippen molar-refractivity contribution in [3.8, 4) is 0 Å². The Morgan fingerprint density at radius 1 is 1.15 bits per heavy atom. The molecule has 0 bridgehead atoms. The van der Waals surface area contributed by atoms with E-state index < -0.39 is 0 Å². The molecule has 2 fully saturated rings. The van der Waals surface area contributed by atoms with Gasteiger partial charge in [0.1, 0.15) is 0 Å². The maximum Gasteiger partial charge on any atom is 0.232 e. The summed E-state index contributed by atoms with van der Waals surface area (Å²) in [5, 5.41) is 11.3. The van der Waals surface area contributed by atoms with E-state index >= 15 is 0 Å². The monoisotopic (exact) mass is 378 g/mol. The predicted octanol–water partition coefficient (Wildman–Crippen LogP) is 4.26. The Labute approximate surface area is 166 Å². The Morgan fingerprint density at radius 2 is 1.85 bits per heavy atom. The number of amides is 1. The van der Waals surface area contributed by atoms with Gasteiger partial charge in [-0.3, -0.25) is 15.1 Å². The van der Waals surface area contributed by atoms with Crippen LogP contribution in [0.25, 0.3) is 0 Å². The van der Waals surface area contributed by atoms with E-state index in [4.69, 9.17) is 11.1 Å². The highest BCUT2D eigenvalue weighted by Gasteiger charge is 2.30. The van der Waals surface area contributed by atoms with E-state index in [0.29, 0.717) is 12.0 Å². The molecule has 0 aromatic rings. The van der Waals surface area contributed by atoms with E-state index in [9.17, 15) is 4.79 Å². The minimum Gasteiger partial charge on any atom is -0.370 e. The SMILES string of the molecule is CCCN[C@@H]1CCC[C@@H](C[C@H](CCC2CCCCC2)C(=O)N(C)C(=N)N)C1. The topological polar surface area (TPSA) is 82.2 Å². The van der Waals surface area contributed by atoms with Crippen LogP contribution in [-0.4, -0.2) is 36.4 Å². The summed E-state index contributed by atoms with van der Waals surface area (Å²) >= 11 is 0. The molecule has 0 aromatic carbocycles. The summed E-state index contributed by atoms with van der Waals surface area (Å²) in [6, 6.07) is 0.614. The highest BCUT2D eigenvalue weighted by molar-refractivity contribution is 5.95. The Morgan fingerprint density at radius 3 is 2.52 bits per heavy atom. The molecule has 0 heterocycles. The number of rotatable bonds is 9. The zero-order valence-electron chi connectivity index (χ0n) is 17.6. The molecule has 5 nitrogen and oxygen atoms in total. The highest BCUT2D eigenvalue weighted by Crippen LogP contribution is 2.34. The lowest BCUT2D eigenvalue weighted by Crippen LogP contribution is -2.42. The summed E-state index contributed by atoms with van der Waals surface area (Å²) in [5.41, 5.74) is 5.60. The average molecular weight is 379 g/mol. The quantitative estimate of drug-likeness (QED) is 0.414. The molecule has 0 aliphatic heterocycles. The van der Waals surface area contributed by atoms with Crippen molar-refractivity contribution < 1.29 is 4.79 Å². The number of carbonyl (C=O) groups excluding carboxylic acids is 1. The first kappa shape index (κ1) is 22.2. The van der Waals surface area contributed by atoms with Crippen LogP contribution in [-0.2, 0) is 4.79 Å². The zero-order valence-corrected chi connectivity index (χ0v) is 17.6. The third-order valence-electron chi connectivity index (χ3n) is 6.77. The van der Waals surface area contributed by atoms with E-state index in [1.807, 2.05) is 0 Å². The lowest BCUT2D eigenvalue weighted by atomic mass is 9.77. The van der Waals surface area contributed by atoms with E-state index in [1.54, 1.807) is 7.05 Å². The molecule has 2 saturated carbocycles. The van der Waals surface area contributed by atoms with E-state index in [1.165, 1.54) is 69.1 Å². The van der Waals surface area contributed by atoms with Gasteiger partial charge in [0.05, 0.1) is 0 Å². The summed E-state index contributed by atoms with van der Waals surface area (Å²) in [7, 11) is 1.66. The fourth-order valence-electron chi connectivity index (χ4n) is 5.09. The molecular weight excluding hydrogens is 336 g/mol. The Hall–Kier alpha value is -1.10. The number of hydrogen-bond acceptors (Lipinski definition) is 3. The summed E-state index contributed by atoms with van der Waals surface area (Å²) < 4.78 is 0. The second-order valence-corrected chi connectivity index (χ2v) is 8.98. The molecule has 2 rings (SSSR count). The van der Waals surface area contributed by atoms with Crippen LogP contribution in [0.15, 0.2) is 0 Å². The minimum atomic E-state index is -0.131. The van der Waals surface area contributed by atoms with Gasteiger partial charge in [-0.15, -0.1) is 0 Å². The standard InChI is InChI=1S/C22H42N4O/c1-3-14-25-20-11-7-10-18(16-20)15-19(21(27)26(2)22(23)24)13-12-17-8-5-4-6-9-17/h17-20,25H,3-16H2,1-2H3,(H3,23,24)/t18-,19-,20+/m0/s1. The Bertz CT molecular complexity index is 461. The molecule has 2 aliphatic carbocycles. The van der Waals surface area contributed by atoms with Gasteiger partial charge in [0.2, 0.25) is 5.91 Å².